The fourth-order valence-electron chi connectivity index (χ4n) is 2.32. The Hall–Kier alpha value is -0.620. The van der Waals surface area contributed by atoms with Crippen molar-refractivity contribution in [2.24, 2.45) is 5.92 Å². The quantitative estimate of drug-likeness (QED) is 0.887. The standard InChI is InChI=1S/C12H19ClN2O3/c1-8-5-9(7-18-8)12(16)11-10(13)6-14-15(11)3-4-17-2/h6,8-9,12,16H,3-5,7H2,1-2H3. The van der Waals surface area contributed by atoms with E-state index in [9.17, 15) is 5.11 Å². The molecule has 1 fully saturated rings. The van der Waals surface area contributed by atoms with E-state index in [1.165, 1.54) is 0 Å². The molecule has 18 heavy (non-hydrogen) atoms. The van der Waals surface area contributed by atoms with Crippen LogP contribution < -0.4 is 0 Å². The van der Waals surface area contributed by atoms with Crippen LogP contribution >= 0.6 is 11.6 Å². The highest BCUT2D eigenvalue weighted by Gasteiger charge is 2.32. The van der Waals surface area contributed by atoms with Crippen LogP contribution in [0.4, 0.5) is 0 Å². The number of hydrogen-bond donors (Lipinski definition) is 1. The van der Waals surface area contributed by atoms with Gasteiger partial charge in [0.1, 0.15) is 6.10 Å². The number of nitrogens with zero attached hydrogens (tertiary/aromatic N) is 2. The zero-order valence-corrected chi connectivity index (χ0v) is 11.4. The first-order valence-electron chi connectivity index (χ1n) is 6.13. The van der Waals surface area contributed by atoms with Crippen molar-refractivity contribution in [1.29, 1.82) is 0 Å². The molecule has 0 spiro atoms. The van der Waals surface area contributed by atoms with Gasteiger partial charge >= 0.3 is 0 Å². The molecule has 0 aliphatic carbocycles. The van der Waals surface area contributed by atoms with E-state index >= 15 is 0 Å². The summed E-state index contributed by atoms with van der Waals surface area (Å²) in [5.74, 6) is 0.0792. The number of aliphatic hydroxyl groups is 1. The number of methoxy groups -OCH3 is 1. The Morgan fingerprint density at radius 2 is 2.50 bits per heavy atom. The third-order valence-electron chi connectivity index (χ3n) is 3.30. The first-order chi connectivity index (χ1) is 8.63. The highest BCUT2D eigenvalue weighted by atomic mass is 35.5. The summed E-state index contributed by atoms with van der Waals surface area (Å²) in [4.78, 5) is 0. The predicted octanol–water partition coefficient (Wildman–Crippen LogP) is 1.64. The van der Waals surface area contributed by atoms with Gasteiger partial charge in [-0.25, -0.2) is 0 Å². The zero-order chi connectivity index (χ0) is 13.1. The normalized spacial score (nSPS) is 25.6. The molecule has 1 N–H and O–H groups in total. The van der Waals surface area contributed by atoms with Crippen molar-refractivity contribution >= 4 is 11.6 Å². The molecule has 0 saturated carbocycles. The molecule has 1 saturated heterocycles. The summed E-state index contributed by atoms with van der Waals surface area (Å²) in [6.45, 7) is 3.69. The molecule has 3 atom stereocenters. The Balaban J connectivity index is 2.13. The molecule has 6 heteroatoms. The number of ether oxygens (including phenoxy) is 2. The molecule has 0 radical (unpaired) electrons. The lowest BCUT2D eigenvalue weighted by Crippen LogP contribution is -2.19. The Bertz CT molecular complexity index is 397. The molecular weight excluding hydrogens is 256 g/mol. The van der Waals surface area contributed by atoms with E-state index in [2.05, 4.69) is 5.10 Å². The summed E-state index contributed by atoms with van der Waals surface area (Å²) in [6.07, 6.45) is 1.96. The average Bonchev–Trinajstić information content (AvgIpc) is 2.92. The van der Waals surface area contributed by atoms with Gasteiger partial charge in [-0.1, -0.05) is 11.6 Å². The van der Waals surface area contributed by atoms with Crippen LogP contribution in [0.25, 0.3) is 0 Å². The Kier molecular flexibility index (Phi) is 4.61. The molecule has 0 bridgehead atoms. The minimum atomic E-state index is -0.637. The summed E-state index contributed by atoms with van der Waals surface area (Å²) < 4.78 is 12.2. The number of rotatable bonds is 5. The first-order valence-corrected chi connectivity index (χ1v) is 6.51. The number of aliphatic hydroxyl groups excluding tert-OH is 1. The fraction of sp³-hybridized carbons (Fsp3) is 0.750. The molecule has 1 aromatic heterocycles. The van der Waals surface area contributed by atoms with E-state index in [1.54, 1.807) is 18.0 Å². The van der Waals surface area contributed by atoms with Gasteiger partial charge in [0.25, 0.3) is 0 Å². The topological polar surface area (TPSA) is 56.5 Å². The third-order valence-corrected chi connectivity index (χ3v) is 3.59. The lowest BCUT2D eigenvalue weighted by Gasteiger charge is -2.18. The third kappa shape index (κ3) is 2.85. The molecule has 1 aliphatic heterocycles. The van der Waals surface area contributed by atoms with E-state index < -0.39 is 6.10 Å². The molecule has 0 amide bonds. The van der Waals surface area contributed by atoms with Gasteiger partial charge in [0, 0.05) is 13.0 Å². The van der Waals surface area contributed by atoms with Crippen LogP contribution in [0.2, 0.25) is 5.02 Å². The average molecular weight is 275 g/mol. The highest BCUT2D eigenvalue weighted by molar-refractivity contribution is 6.31. The minimum Gasteiger partial charge on any atom is -0.386 e. The van der Waals surface area contributed by atoms with Crippen LogP contribution in [0.1, 0.15) is 25.1 Å². The van der Waals surface area contributed by atoms with Crippen molar-refractivity contribution in [3.8, 4) is 0 Å². The number of halogens is 1. The van der Waals surface area contributed by atoms with Crippen molar-refractivity contribution in [3.05, 3.63) is 16.9 Å². The van der Waals surface area contributed by atoms with Crippen molar-refractivity contribution in [2.75, 3.05) is 20.3 Å². The number of aromatic nitrogens is 2. The van der Waals surface area contributed by atoms with Crippen LogP contribution in [-0.2, 0) is 16.0 Å². The van der Waals surface area contributed by atoms with Gasteiger partial charge in [0.15, 0.2) is 0 Å². The largest absolute Gasteiger partial charge is 0.386 e. The maximum absolute atomic E-state index is 10.4. The molecular formula is C12H19ClN2O3. The van der Waals surface area contributed by atoms with Crippen molar-refractivity contribution < 1.29 is 14.6 Å². The predicted molar refractivity (Wildman–Crippen MR) is 67.6 cm³/mol. The van der Waals surface area contributed by atoms with E-state index in [0.29, 0.717) is 30.5 Å². The van der Waals surface area contributed by atoms with Crippen LogP contribution in [-0.4, -0.2) is 41.3 Å². The minimum absolute atomic E-state index is 0.0792. The molecule has 1 aliphatic rings. The summed E-state index contributed by atoms with van der Waals surface area (Å²) in [6, 6.07) is 0. The second-order valence-electron chi connectivity index (χ2n) is 4.68. The summed E-state index contributed by atoms with van der Waals surface area (Å²) in [5.41, 5.74) is 0.663. The van der Waals surface area contributed by atoms with Gasteiger partial charge in [-0.15, -0.1) is 0 Å². The van der Waals surface area contributed by atoms with Gasteiger partial charge in [-0.05, 0) is 13.3 Å². The fourth-order valence-corrected chi connectivity index (χ4v) is 2.57. The maximum atomic E-state index is 10.4. The van der Waals surface area contributed by atoms with Gasteiger partial charge in [0.05, 0.1) is 42.8 Å². The van der Waals surface area contributed by atoms with E-state index in [-0.39, 0.29) is 12.0 Å². The first kappa shape index (κ1) is 13.8. The SMILES string of the molecule is COCCn1ncc(Cl)c1C(O)C1COC(C)C1. The van der Waals surface area contributed by atoms with E-state index in [0.717, 1.165) is 6.42 Å². The Morgan fingerprint density at radius 1 is 1.72 bits per heavy atom. The summed E-state index contributed by atoms with van der Waals surface area (Å²) in [7, 11) is 1.63. The van der Waals surface area contributed by atoms with Gasteiger partial charge in [0.2, 0.25) is 0 Å². The van der Waals surface area contributed by atoms with E-state index in [1.807, 2.05) is 6.92 Å². The van der Waals surface area contributed by atoms with Crippen LogP contribution in [0, 0.1) is 5.92 Å². The van der Waals surface area contributed by atoms with Crippen LogP contribution in [0.3, 0.4) is 0 Å². The summed E-state index contributed by atoms with van der Waals surface area (Å²) in [5, 5.41) is 15.1. The molecule has 2 heterocycles. The maximum Gasteiger partial charge on any atom is 0.102 e. The molecule has 0 aromatic carbocycles. The molecule has 3 unspecified atom stereocenters. The number of hydrogen-bond acceptors (Lipinski definition) is 4. The second-order valence-corrected chi connectivity index (χ2v) is 5.09. The highest BCUT2D eigenvalue weighted by Crippen LogP contribution is 2.34. The Morgan fingerprint density at radius 3 is 3.11 bits per heavy atom. The summed E-state index contributed by atoms with van der Waals surface area (Å²) >= 11 is 6.11. The van der Waals surface area contributed by atoms with Crippen molar-refractivity contribution in [3.63, 3.8) is 0 Å². The molecule has 102 valence electrons. The molecule has 5 nitrogen and oxygen atoms in total. The van der Waals surface area contributed by atoms with E-state index in [4.69, 9.17) is 21.1 Å². The monoisotopic (exact) mass is 274 g/mol. The molecule has 1 aromatic rings. The smallest absolute Gasteiger partial charge is 0.102 e. The lowest BCUT2D eigenvalue weighted by atomic mass is 9.97. The lowest BCUT2D eigenvalue weighted by molar-refractivity contribution is 0.0739. The van der Waals surface area contributed by atoms with Crippen LogP contribution in [0.5, 0.6) is 0 Å². The molecule has 2 rings (SSSR count). The Labute approximate surface area is 112 Å². The second kappa shape index (κ2) is 6.02. The zero-order valence-electron chi connectivity index (χ0n) is 10.7. The van der Waals surface area contributed by atoms with Gasteiger partial charge in [-0.2, -0.15) is 5.10 Å². The van der Waals surface area contributed by atoms with Gasteiger partial charge in [-0.3, -0.25) is 4.68 Å². The van der Waals surface area contributed by atoms with Crippen molar-refractivity contribution in [1.82, 2.24) is 9.78 Å². The van der Waals surface area contributed by atoms with Crippen molar-refractivity contribution in [2.45, 2.75) is 32.1 Å². The van der Waals surface area contributed by atoms with Crippen LogP contribution in [0.15, 0.2) is 6.20 Å². The van der Waals surface area contributed by atoms with Gasteiger partial charge < -0.3 is 14.6 Å².